The van der Waals surface area contributed by atoms with Gasteiger partial charge in [-0.3, -0.25) is 9.59 Å². The lowest BCUT2D eigenvalue weighted by molar-refractivity contribution is -0.119. The molecule has 1 unspecified atom stereocenters. The Balaban J connectivity index is 4.19. The number of Topliss-reactive ketones (excluding diaryl/α,β-unsaturated/α-hetero) is 2. The zero-order chi connectivity index (χ0) is 13.6. The summed E-state index contributed by atoms with van der Waals surface area (Å²) in [5.74, 6) is 0.777. The summed E-state index contributed by atoms with van der Waals surface area (Å²) in [6, 6.07) is -0.623. The number of ketones is 2. The predicted octanol–water partition coefficient (Wildman–Crippen LogP) is 1.24. The molecule has 3 N–H and O–H groups in total. The van der Waals surface area contributed by atoms with Crippen LogP contribution in [-0.2, 0) is 9.59 Å². The molecule has 0 radical (unpaired) electrons. The summed E-state index contributed by atoms with van der Waals surface area (Å²) in [5.41, 5.74) is 5.84. The van der Waals surface area contributed by atoms with E-state index in [0.29, 0.717) is 5.75 Å². The Morgan fingerprint density at radius 3 is 2.18 bits per heavy atom. The zero-order valence-corrected chi connectivity index (χ0v) is 12.7. The molecule has 0 aliphatic heterocycles. The molecule has 100 valence electrons. The highest BCUT2D eigenvalue weighted by molar-refractivity contribution is 8.77. The monoisotopic (exact) mass is 278 g/mol. The summed E-state index contributed by atoms with van der Waals surface area (Å²) in [6.45, 7) is 6.96. The van der Waals surface area contributed by atoms with Crippen molar-refractivity contribution in [1.82, 2.24) is 5.32 Å². The van der Waals surface area contributed by atoms with E-state index in [0.717, 1.165) is 0 Å². The van der Waals surface area contributed by atoms with Crippen molar-refractivity contribution < 1.29 is 9.59 Å². The van der Waals surface area contributed by atoms with Gasteiger partial charge in [0.25, 0.3) is 0 Å². The van der Waals surface area contributed by atoms with Crippen molar-refractivity contribution in [3.8, 4) is 0 Å². The molecule has 0 rings (SSSR count). The fourth-order valence-corrected chi connectivity index (χ4v) is 4.21. The van der Waals surface area contributed by atoms with Gasteiger partial charge in [0.1, 0.15) is 11.6 Å². The molecule has 0 aliphatic rings. The minimum Gasteiger partial charge on any atom is -0.320 e. The van der Waals surface area contributed by atoms with Crippen LogP contribution >= 0.6 is 21.6 Å². The van der Waals surface area contributed by atoms with Crippen LogP contribution in [0.1, 0.15) is 27.7 Å². The second-order valence-electron chi connectivity index (χ2n) is 4.51. The Morgan fingerprint density at radius 1 is 1.29 bits per heavy atom. The molecule has 0 saturated heterocycles. The van der Waals surface area contributed by atoms with Gasteiger partial charge in [0, 0.05) is 10.5 Å². The third-order valence-electron chi connectivity index (χ3n) is 2.53. The number of nitrogens with two attached hydrogens (primary N) is 1. The molecule has 0 heterocycles. The number of hydrogen-bond donors (Lipinski definition) is 2. The molecule has 0 aliphatic carbocycles. The summed E-state index contributed by atoms with van der Waals surface area (Å²) >= 11 is 0. The lowest BCUT2D eigenvalue weighted by Crippen LogP contribution is -2.45. The van der Waals surface area contributed by atoms with Gasteiger partial charge in [0.15, 0.2) is 0 Å². The van der Waals surface area contributed by atoms with Gasteiger partial charge in [-0.25, -0.2) is 0 Å². The summed E-state index contributed by atoms with van der Waals surface area (Å²) in [6.07, 6.45) is 0. The molecule has 2 atom stereocenters. The van der Waals surface area contributed by atoms with E-state index in [1.165, 1.54) is 6.92 Å². The smallest absolute Gasteiger partial charge is 0.147 e. The van der Waals surface area contributed by atoms with Crippen LogP contribution in [0.3, 0.4) is 0 Å². The normalized spacial score (nSPS) is 15.4. The van der Waals surface area contributed by atoms with Crippen molar-refractivity contribution in [2.45, 2.75) is 44.5 Å². The fraction of sp³-hybridized carbons (Fsp3) is 0.818. The molecule has 0 spiro atoms. The highest BCUT2D eigenvalue weighted by Crippen LogP contribution is 2.37. The van der Waals surface area contributed by atoms with Crippen LogP contribution in [0, 0.1) is 0 Å². The van der Waals surface area contributed by atoms with Crippen LogP contribution in [0.15, 0.2) is 0 Å². The van der Waals surface area contributed by atoms with Crippen molar-refractivity contribution in [3.63, 3.8) is 0 Å². The van der Waals surface area contributed by atoms with E-state index in [9.17, 15) is 9.59 Å². The Bertz CT molecular complexity index is 283. The van der Waals surface area contributed by atoms with E-state index in [4.69, 9.17) is 5.73 Å². The Morgan fingerprint density at radius 2 is 1.82 bits per heavy atom. The predicted molar refractivity (Wildman–Crippen MR) is 76.3 cm³/mol. The Labute approximate surface area is 111 Å². The average Bonchev–Trinajstić information content (AvgIpc) is 2.22. The molecule has 0 aromatic heterocycles. The second kappa shape index (κ2) is 7.41. The molecule has 17 heavy (non-hydrogen) atoms. The number of likely N-dealkylation sites (N-methyl/N-ethyl adjacent to an activating group) is 1. The van der Waals surface area contributed by atoms with Gasteiger partial charge in [-0.1, -0.05) is 21.6 Å². The van der Waals surface area contributed by atoms with Gasteiger partial charge in [-0.2, -0.15) is 0 Å². The summed E-state index contributed by atoms with van der Waals surface area (Å²) in [4.78, 5) is 22.4. The molecule has 0 aromatic carbocycles. The first-order chi connectivity index (χ1) is 7.72. The summed E-state index contributed by atoms with van der Waals surface area (Å²) in [7, 11) is 4.89. The first kappa shape index (κ1) is 17.0. The number of carbonyl (C=O) groups is 2. The second-order valence-corrected chi connectivity index (χ2v) is 7.51. The maximum atomic E-state index is 11.2. The van der Waals surface area contributed by atoms with Gasteiger partial charge in [-0.05, 0) is 34.7 Å². The van der Waals surface area contributed by atoms with E-state index < -0.39 is 6.04 Å². The molecule has 0 saturated carbocycles. The summed E-state index contributed by atoms with van der Waals surface area (Å²) in [5, 5.41) is 2.96. The Kier molecular flexibility index (Phi) is 7.39. The third-order valence-corrected chi connectivity index (χ3v) is 5.86. The lowest BCUT2D eigenvalue weighted by atomic mass is 10.0. The molecular formula is C11H22N2O2S2. The van der Waals surface area contributed by atoms with Crippen molar-refractivity contribution in [3.05, 3.63) is 0 Å². The van der Waals surface area contributed by atoms with E-state index >= 15 is 0 Å². The van der Waals surface area contributed by atoms with Crippen LogP contribution in [0.4, 0.5) is 0 Å². The largest absolute Gasteiger partial charge is 0.320 e. The fourth-order valence-electron chi connectivity index (χ4n) is 1.20. The van der Waals surface area contributed by atoms with Crippen LogP contribution in [0.2, 0.25) is 0 Å². The third kappa shape index (κ3) is 5.90. The maximum absolute atomic E-state index is 11.2. The number of rotatable bonds is 8. The molecule has 4 nitrogen and oxygen atoms in total. The summed E-state index contributed by atoms with van der Waals surface area (Å²) < 4.78 is -0.328. The molecule has 0 fully saturated rings. The van der Waals surface area contributed by atoms with E-state index in [1.807, 2.05) is 13.8 Å². The standard InChI is InChI=1S/C11H22N2O2S2/c1-7(14)9(13-5)6-16-17-11(3,4)10(12)8(2)15/h9-10,13H,6,12H2,1-5H3/t9-,10?/m0/s1. The number of carbonyl (C=O) groups excluding carboxylic acids is 2. The van der Waals surface area contributed by atoms with Gasteiger partial charge < -0.3 is 11.1 Å². The minimum absolute atomic E-state index is 0.0140. The van der Waals surface area contributed by atoms with Gasteiger partial charge in [0.05, 0.1) is 12.1 Å². The van der Waals surface area contributed by atoms with Gasteiger partial charge in [0.2, 0.25) is 0 Å². The van der Waals surface area contributed by atoms with Crippen molar-refractivity contribution in [2.24, 2.45) is 5.73 Å². The van der Waals surface area contributed by atoms with E-state index in [2.05, 4.69) is 5.32 Å². The Hall–Kier alpha value is -0.0400. The highest BCUT2D eigenvalue weighted by Gasteiger charge is 2.31. The first-order valence-electron chi connectivity index (χ1n) is 5.46. The van der Waals surface area contributed by atoms with Crippen LogP contribution in [0.5, 0.6) is 0 Å². The number of hydrogen-bond acceptors (Lipinski definition) is 6. The van der Waals surface area contributed by atoms with E-state index in [1.54, 1.807) is 35.6 Å². The van der Waals surface area contributed by atoms with Crippen molar-refractivity contribution in [2.75, 3.05) is 12.8 Å². The molecule has 0 amide bonds. The van der Waals surface area contributed by atoms with E-state index in [-0.39, 0.29) is 22.4 Å². The zero-order valence-electron chi connectivity index (χ0n) is 11.1. The van der Waals surface area contributed by atoms with Crippen LogP contribution < -0.4 is 11.1 Å². The van der Waals surface area contributed by atoms with Crippen LogP contribution in [-0.4, -0.2) is 41.2 Å². The average molecular weight is 278 g/mol. The SMILES string of the molecule is CN[C@@H](CSSC(C)(C)C(N)C(C)=O)C(C)=O. The lowest BCUT2D eigenvalue weighted by Gasteiger charge is -2.28. The van der Waals surface area contributed by atoms with Gasteiger partial charge in [-0.15, -0.1) is 0 Å². The maximum Gasteiger partial charge on any atom is 0.147 e. The molecule has 0 aromatic rings. The molecule has 6 heteroatoms. The first-order valence-corrected chi connectivity index (χ1v) is 7.78. The molecular weight excluding hydrogens is 256 g/mol. The molecule has 0 bridgehead atoms. The van der Waals surface area contributed by atoms with Gasteiger partial charge >= 0.3 is 0 Å². The van der Waals surface area contributed by atoms with Crippen molar-refractivity contribution >= 4 is 33.2 Å². The quantitative estimate of drug-likeness (QED) is 0.651. The highest BCUT2D eigenvalue weighted by atomic mass is 33.1. The minimum atomic E-state index is -0.481. The number of nitrogens with one attached hydrogen (secondary N) is 1. The van der Waals surface area contributed by atoms with Crippen molar-refractivity contribution in [1.29, 1.82) is 0 Å². The topological polar surface area (TPSA) is 72.2 Å². The van der Waals surface area contributed by atoms with Crippen LogP contribution in [0.25, 0.3) is 0 Å².